The van der Waals surface area contributed by atoms with Gasteiger partial charge in [-0.25, -0.2) is 0 Å². The maximum absolute atomic E-state index is 9.22. The van der Waals surface area contributed by atoms with E-state index in [4.69, 9.17) is 5.11 Å². The second-order valence-corrected chi connectivity index (χ2v) is 0.759. The molecule has 0 bridgehead atoms. The van der Waals surface area contributed by atoms with Crippen LogP contribution in [0.25, 0.3) is 0 Å². The summed E-state index contributed by atoms with van der Waals surface area (Å²) in [6, 6.07) is 0. The van der Waals surface area contributed by atoms with Crippen molar-refractivity contribution in [2.45, 2.75) is 6.92 Å². The Morgan fingerprint density at radius 3 is 2.20 bits per heavy atom. The lowest BCUT2D eigenvalue weighted by Gasteiger charge is -1.71. The highest BCUT2D eigenvalue weighted by Gasteiger charge is 1.68. The van der Waals surface area contributed by atoms with Crippen LogP contribution in [-0.2, 0) is 5.11 Å². The molecule has 0 aromatic rings. The van der Waals surface area contributed by atoms with Gasteiger partial charge in [0.1, 0.15) is 5.76 Å². The van der Waals surface area contributed by atoms with Gasteiger partial charge in [0.05, 0.1) is 0 Å². The van der Waals surface area contributed by atoms with E-state index in [9.17, 15) is 5.11 Å². The molecular weight excluding hydrogens is 68.0 g/mol. The summed E-state index contributed by atoms with van der Waals surface area (Å²) in [5, 5.41) is 17.1. The fourth-order valence-corrected chi connectivity index (χ4v) is 0. The van der Waals surface area contributed by atoms with Crippen LogP contribution >= 0.6 is 0 Å². The van der Waals surface area contributed by atoms with Gasteiger partial charge < -0.3 is 5.11 Å². The van der Waals surface area contributed by atoms with E-state index >= 15 is 0 Å². The van der Waals surface area contributed by atoms with Crippen LogP contribution < -0.4 is 0 Å². The van der Waals surface area contributed by atoms with Gasteiger partial charge in [-0.1, -0.05) is 0 Å². The predicted molar refractivity (Wildman–Crippen MR) is 17.1 cm³/mol. The SMILES string of the molecule is C/C(O)=C\[O]. The van der Waals surface area contributed by atoms with E-state index in [1.807, 2.05) is 0 Å². The molecule has 0 spiro atoms. The lowest BCUT2D eigenvalue weighted by Crippen LogP contribution is -1.62. The molecule has 2 nitrogen and oxygen atoms in total. The Morgan fingerprint density at radius 2 is 2.20 bits per heavy atom. The summed E-state index contributed by atoms with van der Waals surface area (Å²) in [5.41, 5.74) is 0. The van der Waals surface area contributed by atoms with Crippen molar-refractivity contribution in [3.8, 4) is 0 Å². The third-order valence-electron chi connectivity index (χ3n) is 0.171. The van der Waals surface area contributed by atoms with Crippen LogP contribution in [0.4, 0.5) is 0 Å². The van der Waals surface area contributed by atoms with E-state index < -0.39 is 0 Å². The molecule has 5 heavy (non-hydrogen) atoms. The Hall–Kier alpha value is -0.660. The Labute approximate surface area is 30.4 Å². The maximum atomic E-state index is 9.22. The van der Waals surface area contributed by atoms with Gasteiger partial charge >= 0.3 is 0 Å². The molecule has 0 saturated heterocycles. The lowest BCUT2D eigenvalue weighted by molar-refractivity contribution is 0.303. The van der Waals surface area contributed by atoms with Gasteiger partial charge in [0.25, 0.3) is 0 Å². The Balaban J connectivity index is 3.14. The summed E-state index contributed by atoms with van der Waals surface area (Å²) in [6.07, 6.45) is 0.389. The van der Waals surface area contributed by atoms with Gasteiger partial charge in [-0.3, -0.25) is 5.11 Å². The maximum Gasteiger partial charge on any atom is 0.179 e. The number of allylic oxidation sites excluding steroid dienone is 1. The molecule has 0 aliphatic carbocycles. The zero-order valence-corrected chi connectivity index (χ0v) is 2.93. The van der Waals surface area contributed by atoms with Crippen LogP contribution in [0.2, 0.25) is 0 Å². The van der Waals surface area contributed by atoms with Crippen molar-refractivity contribution < 1.29 is 10.2 Å². The molecule has 0 fully saturated rings. The zero-order chi connectivity index (χ0) is 4.28. The molecule has 0 atom stereocenters. The highest BCUT2D eigenvalue weighted by molar-refractivity contribution is 4.73. The van der Waals surface area contributed by atoms with Crippen molar-refractivity contribution in [2.75, 3.05) is 0 Å². The monoisotopic (exact) mass is 73.0 g/mol. The van der Waals surface area contributed by atoms with Gasteiger partial charge in [-0.05, 0) is 6.92 Å². The van der Waals surface area contributed by atoms with Crippen LogP contribution in [-0.4, -0.2) is 5.11 Å². The molecule has 2 heteroatoms. The molecule has 0 aliphatic rings. The second-order valence-electron chi connectivity index (χ2n) is 0.759. The van der Waals surface area contributed by atoms with Crippen molar-refractivity contribution in [3.05, 3.63) is 12.0 Å². The minimum Gasteiger partial charge on any atom is -0.509 e. The minimum atomic E-state index is -0.176. The van der Waals surface area contributed by atoms with Gasteiger partial charge in [0.2, 0.25) is 0 Å². The first-order chi connectivity index (χ1) is 2.27. The summed E-state index contributed by atoms with van der Waals surface area (Å²) < 4.78 is 0. The van der Waals surface area contributed by atoms with E-state index in [-0.39, 0.29) is 5.76 Å². The molecule has 1 radical (unpaired) electrons. The molecule has 1 N–H and O–H groups in total. The van der Waals surface area contributed by atoms with Gasteiger partial charge in [-0.2, -0.15) is 0 Å². The van der Waals surface area contributed by atoms with E-state index in [0.29, 0.717) is 6.26 Å². The Bertz CT molecular complexity index is 42.9. The standard InChI is InChI=1S/C3H5O2/c1-3(5)2-4/h2,5H,1H3/b3-2+. The van der Waals surface area contributed by atoms with E-state index in [0.717, 1.165) is 0 Å². The first-order valence-corrected chi connectivity index (χ1v) is 1.25. The largest absolute Gasteiger partial charge is 0.509 e. The van der Waals surface area contributed by atoms with Crippen LogP contribution in [0.5, 0.6) is 0 Å². The molecular formula is C3H5O2. The number of rotatable bonds is 0. The predicted octanol–water partition coefficient (Wildman–Crippen LogP) is 0.836. The molecule has 0 aliphatic heterocycles. The quantitative estimate of drug-likeness (QED) is 0.424. The van der Waals surface area contributed by atoms with Crippen LogP contribution in [0.15, 0.2) is 12.0 Å². The summed E-state index contributed by atoms with van der Waals surface area (Å²) >= 11 is 0. The van der Waals surface area contributed by atoms with Crippen LogP contribution in [0.1, 0.15) is 6.92 Å². The molecule has 0 aromatic heterocycles. The molecule has 0 saturated carbocycles. The van der Waals surface area contributed by atoms with Crippen molar-refractivity contribution in [3.63, 3.8) is 0 Å². The normalized spacial score (nSPS) is 11.8. The highest BCUT2D eigenvalue weighted by atomic mass is 16.3. The van der Waals surface area contributed by atoms with Crippen LogP contribution in [0, 0.1) is 0 Å². The first kappa shape index (κ1) is 4.34. The van der Waals surface area contributed by atoms with Gasteiger partial charge in [0, 0.05) is 0 Å². The zero-order valence-electron chi connectivity index (χ0n) is 2.93. The van der Waals surface area contributed by atoms with E-state index in [1.165, 1.54) is 6.92 Å². The van der Waals surface area contributed by atoms with Crippen molar-refractivity contribution >= 4 is 0 Å². The number of aliphatic hydroxyl groups is 1. The smallest absolute Gasteiger partial charge is 0.179 e. The molecule has 0 aromatic carbocycles. The van der Waals surface area contributed by atoms with E-state index in [2.05, 4.69) is 0 Å². The molecule has 0 amide bonds. The average molecular weight is 73.1 g/mol. The van der Waals surface area contributed by atoms with Crippen molar-refractivity contribution in [1.29, 1.82) is 0 Å². The minimum absolute atomic E-state index is 0.176. The van der Waals surface area contributed by atoms with Gasteiger partial charge in [0.15, 0.2) is 6.26 Å². The summed E-state index contributed by atoms with van der Waals surface area (Å²) in [4.78, 5) is 0. The Kier molecular flexibility index (Phi) is 1.42. The lowest BCUT2D eigenvalue weighted by atomic mass is 10.7. The molecule has 0 unspecified atom stereocenters. The van der Waals surface area contributed by atoms with Crippen LogP contribution in [0.3, 0.4) is 0 Å². The second kappa shape index (κ2) is 1.64. The summed E-state index contributed by atoms with van der Waals surface area (Å²) in [6.45, 7) is 1.33. The molecule has 0 heterocycles. The third kappa shape index (κ3) is 3.34. The van der Waals surface area contributed by atoms with Crippen molar-refractivity contribution in [1.82, 2.24) is 0 Å². The highest BCUT2D eigenvalue weighted by Crippen LogP contribution is 1.75. The number of aliphatic hydroxyl groups excluding tert-OH is 1. The first-order valence-electron chi connectivity index (χ1n) is 1.25. The molecule has 0 rings (SSSR count). The Morgan fingerprint density at radius 1 is 2.00 bits per heavy atom. The number of hydrogen-bond donors (Lipinski definition) is 1. The fourth-order valence-electron chi connectivity index (χ4n) is 0. The van der Waals surface area contributed by atoms with E-state index in [1.54, 1.807) is 0 Å². The average Bonchev–Trinajstić information content (AvgIpc) is 1.38. The van der Waals surface area contributed by atoms with Crippen molar-refractivity contribution in [2.24, 2.45) is 0 Å². The topological polar surface area (TPSA) is 40.1 Å². The summed E-state index contributed by atoms with van der Waals surface area (Å²) in [7, 11) is 0. The molecule has 29 valence electrons. The third-order valence-corrected chi connectivity index (χ3v) is 0.171. The summed E-state index contributed by atoms with van der Waals surface area (Å²) in [5.74, 6) is -0.176. The fraction of sp³-hybridized carbons (Fsp3) is 0.333. The number of hydrogen-bond acceptors (Lipinski definition) is 1. The van der Waals surface area contributed by atoms with Gasteiger partial charge in [-0.15, -0.1) is 0 Å².